The van der Waals surface area contributed by atoms with Gasteiger partial charge in [0.05, 0.1) is 11.3 Å². The SMILES string of the molecule is NC(=O)c1cnc(Cl)cc1NCc1ccc(F)c(F)c1. The van der Waals surface area contributed by atoms with E-state index < -0.39 is 17.5 Å². The van der Waals surface area contributed by atoms with Gasteiger partial charge in [-0.3, -0.25) is 4.79 Å². The number of aromatic nitrogens is 1. The number of hydrogen-bond donors (Lipinski definition) is 2. The zero-order chi connectivity index (χ0) is 14.7. The van der Waals surface area contributed by atoms with Gasteiger partial charge in [0.1, 0.15) is 5.15 Å². The number of pyridine rings is 1. The first-order chi connectivity index (χ1) is 9.47. The number of nitrogens with zero attached hydrogens (tertiary/aromatic N) is 1. The Kier molecular flexibility index (Phi) is 4.14. The van der Waals surface area contributed by atoms with Gasteiger partial charge in [-0.1, -0.05) is 17.7 Å². The fourth-order valence-electron chi connectivity index (χ4n) is 1.62. The van der Waals surface area contributed by atoms with Gasteiger partial charge in [-0.15, -0.1) is 0 Å². The number of nitrogens with one attached hydrogen (secondary N) is 1. The Morgan fingerprint density at radius 3 is 2.70 bits per heavy atom. The highest BCUT2D eigenvalue weighted by molar-refractivity contribution is 6.29. The minimum Gasteiger partial charge on any atom is -0.380 e. The highest BCUT2D eigenvalue weighted by atomic mass is 35.5. The average Bonchev–Trinajstić information content (AvgIpc) is 2.40. The van der Waals surface area contributed by atoms with Crippen molar-refractivity contribution in [3.63, 3.8) is 0 Å². The molecule has 0 fully saturated rings. The molecule has 0 aliphatic rings. The topological polar surface area (TPSA) is 68.0 Å². The zero-order valence-electron chi connectivity index (χ0n) is 10.2. The van der Waals surface area contributed by atoms with Gasteiger partial charge in [-0.25, -0.2) is 13.8 Å². The third-order valence-corrected chi connectivity index (χ3v) is 2.81. The molecule has 0 radical (unpaired) electrons. The molecule has 0 bridgehead atoms. The van der Waals surface area contributed by atoms with Crippen LogP contribution in [0.2, 0.25) is 5.15 Å². The second-order valence-electron chi connectivity index (χ2n) is 4.02. The molecule has 7 heteroatoms. The normalized spacial score (nSPS) is 10.3. The van der Waals surface area contributed by atoms with Crippen LogP contribution in [0.25, 0.3) is 0 Å². The molecule has 3 N–H and O–H groups in total. The van der Waals surface area contributed by atoms with Gasteiger partial charge in [0.2, 0.25) is 0 Å². The van der Waals surface area contributed by atoms with Crippen molar-refractivity contribution in [3.8, 4) is 0 Å². The Balaban J connectivity index is 2.20. The van der Waals surface area contributed by atoms with Crippen molar-refractivity contribution in [1.82, 2.24) is 4.98 Å². The van der Waals surface area contributed by atoms with E-state index in [9.17, 15) is 13.6 Å². The van der Waals surface area contributed by atoms with E-state index in [1.165, 1.54) is 18.3 Å². The van der Waals surface area contributed by atoms with Crippen LogP contribution in [0.5, 0.6) is 0 Å². The molecule has 1 heterocycles. The minimum absolute atomic E-state index is 0.164. The van der Waals surface area contributed by atoms with Crippen molar-refractivity contribution < 1.29 is 13.6 Å². The number of rotatable bonds is 4. The molecule has 0 saturated heterocycles. The van der Waals surface area contributed by atoms with Crippen LogP contribution in [-0.2, 0) is 6.54 Å². The number of amides is 1. The molecule has 20 heavy (non-hydrogen) atoms. The van der Waals surface area contributed by atoms with E-state index in [0.717, 1.165) is 12.1 Å². The Bertz CT molecular complexity index is 664. The molecule has 0 unspecified atom stereocenters. The van der Waals surface area contributed by atoms with Crippen molar-refractivity contribution >= 4 is 23.2 Å². The monoisotopic (exact) mass is 297 g/mol. The van der Waals surface area contributed by atoms with Gasteiger partial charge in [0, 0.05) is 12.7 Å². The van der Waals surface area contributed by atoms with Crippen molar-refractivity contribution in [3.05, 3.63) is 58.4 Å². The molecule has 0 saturated carbocycles. The summed E-state index contributed by atoms with van der Waals surface area (Å²) in [4.78, 5) is 15.0. The second-order valence-corrected chi connectivity index (χ2v) is 4.41. The summed E-state index contributed by atoms with van der Waals surface area (Å²) in [7, 11) is 0. The molecule has 2 aromatic rings. The molecule has 1 aromatic carbocycles. The number of hydrogen-bond acceptors (Lipinski definition) is 3. The Labute approximate surface area is 118 Å². The van der Waals surface area contributed by atoms with Crippen LogP contribution in [0.3, 0.4) is 0 Å². The lowest BCUT2D eigenvalue weighted by atomic mass is 10.2. The predicted molar refractivity (Wildman–Crippen MR) is 71.4 cm³/mol. The number of benzene rings is 1. The Hall–Kier alpha value is -2.21. The summed E-state index contributed by atoms with van der Waals surface area (Å²) in [5, 5.41) is 3.07. The maximum atomic E-state index is 13.1. The lowest BCUT2D eigenvalue weighted by Gasteiger charge is -2.10. The number of carbonyl (C=O) groups is 1. The summed E-state index contributed by atoms with van der Waals surface area (Å²) in [6.45, 7) is 0.178. The quantitative estimate of drug-likeness (QED) is 0.853. The van der Waals surface area contributed by atoms with Gasteiger partial charge in [0.15, 0.2) is 11.6 Å². The van der Waals surface area contributed by atoms with Crippen LogP contribution in [0.1, 0.15) is 15.9 Å². The summed E-state index contributed by atoms with van der Waals surface area (Å²) >= 11 is 5.74. The van der Waals surface area contributed by atoms with Crippen LogP contribution in [0.4, 0.5) is 14.5 Å². The van der Waals surface area contributed by atoms with Gasteiger partial charge in [-0.05, 0) is 23.8 Å². The van der Waals surface area contributed by atoms with Crippen molar-refractivity contribution in [1.29, 1.82) is 0 Å². The number of anilines is 1. The smallest absolute Gasteiger partial charge is 0.252 e. The average molecular weight is 298 g/mol. The van der Waals surface area contributed by atoms with E-state index in [-0.39, 0.29) is 17.3 Å². The Morgan fingerprint density at radius 2 is 2.05 bits per heavy atom. The first-order valence-corrected chi connectivity index (χ1v) is 5.98. The van der Waals surface area contributed by atoms with E-state index in [4.69, 9.17) is 17.3 Å². The predicted octanol–water partition coefficient (Wildman–Crippen LogP) is 2.72. The number of halogens is 3. The standard InChI is InChI=1S/C13H10ClF2N3O/c14-12-4-11(8(6-19-12)13(17)20)18-5-7-1-2-9(15)10(16)3-7/h1-4,6H,5H2,(H2,17,20)(H,18,19). The fourth-order valence-corrected chi connectivity index (χ4v) is 1.78. The summed E-state index contributed by atoms with van der Waals surface area (Å²) in [6, 6.07) is 4.95. The third-order valence-electron chi connectivity index (χ3n) is 2.60. The Morgan fingerprint density at radius 1 is 1.30 bits per heavy atom. The molecular weight excluding hydrogens is 288 g/mol. The molecule has 0 aliphatic heterocycles. The maximum absolute atomic E-state index is 13.1. The number of nitrogens with two attached hydrogens (primary N) is 1. The van der Waals surface area contributed by atoms with E-state index in [1.807, 2.05) is 0 Å². The summed E-state index contributed by atoms with van der Waals surface area (Å²) in [5.74, 6) is -2.52. The number of primary amides is 1. The molecule has 0 spiro atoms. The lowest BCUT2D eigenvalue weighted by Crippen LogP contribution is -2.15. The van der Waals surface area contributed by atoms with E-state index >= 15 is 0 Å². The third kappa shape index (κ3) is 3.21. The fraction of sp³-hybridized carbons (Fsp3) is 0.0769. The summed E-state index contributed by atoms with van der Waals surface area (Å²) in [5.41, 5.74) is 6.25. The highest BCUT2D eigenvalue weighted by Crippen LogP contribution is 2.19. The molecule has 1 amide bonds. The van der Waals surface area contributed by atoms with Crippen LogP contribution >= 0.6 is 11.6 Å². The second kappa shape index (κ2) is 5.83. The first-order valence-electron chi connectivity index (χ1n) is 5.60. The van der Waals surface area contributed by atoms with E-state index in [2.05, 4.69) is 10.3 Å². The molecule has 2 rings (SSSR count). The van der Waals surface area contributed by atoms with Gasteiger partial charge in [-0.2, -0.15) is 0 Å². The molecule has 104 valence electrons. The van der Waals surface area contributed by atoms with Crippen molar-refractivity contribution in [2.24, 2.45) is 5.73 Å². The lowest BCUT2D eigenvalue weighted by molar-refractivity contribution is 0.100. The minimum atomic E-state index is -0.938. The van der Waals surface area contributed by atoms with Crippen LogP contribution in [0, 0.1) is 11.6 Å². The molecule has 0 atom stereocenters. The molecule has 1 aromatic heterocycles. The van der Waals surface area contributed by atoms with Gasteiger partial charge >= 0.3 is 0 Å². The highest BCUT2D eigenvalue weighted by Gasteiger charge is 2.10. The van der Waals surface area contributed by atoms with Crippen molar-refractivity contribution in [2.45, 2.75) is 6.54 Å². The van der Waals surface area contributed by atoms with Gasteiger partial charge in [0.25, 0.3) is 5.91 Å². The number of carbonyl (C=O) groups excluding carboxylic acids is 1. The van der Waals surface area contributed by atoms with E-state index in [1.54, 1.807) is 0 Å². The molecule has 4 nitrogen and oxygen atoms in total. The summed E-state index contributed by atoms with van der Waals surface area (Å²) in [6.07, 6.45) is 1.25. The first kappa shape index (κ1) is 14.2. The van der Waals surface area contributed by atoms with Crippen LogP contribution in [0.15, 0.2) is 30.5 Å². The summed E-state index contributed by atoms with van der Waals surface area (Å²) < 4.78 is 25.9. The molecular formula is C13H10ClF2N3O. The maximum Gasteiger partial charge on any atom is 0.252 e. The van der Waals surface area contributed by atoms with E-state index in [0.29, 0.717) is 11.3 Å². The molecule has 0 aliphatic carbocycles. The zero-order valence-corrected chi connectivity index (χ0v) is 10.9. The van der Waals surface area contributed by atoms with Crippen LogP contribution < -0.4 is 11.1 Å². The van der Waals surface area contributed by atoms with Crippen LogP contribution in [-0.4, -0.2) is 10.9 Å². The largest absolute Gasteiger partial charge is 0.380 e. The van der Waals surface area contributed by atoms with Gasteiger partial charge < -0.3 is 11.1 Å². The van der Waals surface area contributed by atoms with Crippen molar-refractivity contribution in [2.75, 3.05) is 5.32 Å².